The van der Waals surface area contributed by atoms with Gasteiger partial charge in [-0.1, -0.05) is 91.0 Å². The monoisotopic (exact) mass is 334 g/mol. The third-order valence-corrected chi connectivity index (χ3v) is 5.87. The van der Waals surface area contributed by atoms with Crippen molar-refractivity contribution in [2.24, 2.45) is 0 Å². The molecule has 0 aromatic heterocycles. The third-order valence-electron chi connectivity index (χ3n) is 4.08. The molecule has 1 N–H and O–H groups in total. The van der Waals surface area contributed by atoms with Crippen LogP contribution in [0.3, 0.4) is 0 Å². The van der Waals surface area contributed by atoms with Gasteiger partial charge in [0.15, 0.2) is 0 Å². The second-order valence-corrected chi connectivity index (χ2v) is 7.17. The van der Waals surface area contributed by atoms with Crippen LogP contribution in [0.4, 0.5) is 0 Å². The number of aliphatic hydroxyl groups is 1. The Bertz CT molecular complexity index is 642. The molecular formula is C22H22OS. The van der Waals surface area contributed by atoms with Gasteiger partial charge in [0, 0.05) is 5.75 Å². The summed E-state index contributed by atoms with van der Waals surface area (Å²) in [6.45, 7) is 1.85. The van der Waals surface area contributed by atoms with E-state index in [2.05, 4.69) is 72.8 Å². The highest BCUT2D eigenvalue weighted by Gasteiger charge is 2.36. The predicted octanol–water partition coefficient (Wildman–Crippen LogP) is 5.09. The fourth-order valence-electron chi connectivity index (χ4n) is 3.01. The van der Waals surface area contributed by atoms with Gasteiger partial charge in [0.25, 0.3) is 0 Å². The minimum atomic E-state index is -0.356. The molecule has 0 radical (unpaired) electrons. The van der Waals surface area contributed by atoms with Gasteiger partial charge in [-0.15, -0.1) is 11.8 Å². The minimum Gasteiger partial charge on any atom is -0.393 e. The van der Waals surface area contributed by atoms with Crippen molar-refractivity contribution < 1.29 is 5.11 Å². The molecular weight excluding hydrogens is 312 g/mol. The summed E-state index contributed by atoms with van der Waals surface area (Å²) < 4.78 is -0.333. The van der Waals surface area contributed by atoms with Gasteiger partial charge in [0.2, 0.25) is 0 Å². The summed E-state index contributed by atoms with van der Waals surface area (Å²) in [6.07, 6.45) is -0.356. The highest BCUT2D eigenvalue weighted by molar-refractivity contribution is 8.00. The number of benzene rings is 3. The summed E-state index contributed by atoms with van der Waals surface area (Å²) in [7, 11) is 0. The first-order valence-electron chi connectivity index (χ1n) is 8.22. The van der Waals surface area contributed by atoms with E-state index in [-0.39, 0.29) is 10.9 Å². The Balaban J connectivity index is 2.24. The topological polar surface area (TPSA) is 20.2 Å². The fraction of sp³-hybridized carbons (Fsp3) is 0.182. The zero-order valence-electron chi connectivity index (χ0n) is 13.8. The molecule has 0 unspecified atom stereocenters. The summed E-state index contributed by atoms with van der Waals surface area (Å²) in [5, 5.41) is 9.94. The average Bonchev–Trinajstić information content (AvgIpc) is 2.65. The average molecular weight is 334 g/mol. The van der Waals surface area contributed by atoms with Crippen LogP contribution in [0.1, 0.15) is 23.6 Å². The Kier molecular flexibility index (Phi) is 5.39. The van der Waals surface area contributed by atoms with Gasteiger partial charge in [0.1, 0.15) is 0 Å². The Morgan fingerprint density at radius 1 is 0.708 bits per heavy atom. The molecule has 1 nitrogen and oxygen atoms in total. The van der Waals surface area contributed by atoms with Crippen molar-refractivity contribution in [1.29, 1.82) is 0 Å². The van der Waals surface area contributed by atoms with Gasteiger partial charge in [-0.05, 0) is 23.6 Å². The zero-order valence-corrected chi connectivity index (χ0v) is 14.6. The summed E-state index contributed by atoms with van der Waals surface area (Å²) in [5.74, 6) is 0.665. The van der Waals surface area contributed by atoms with Gasteiger partial charge >= 0.3 is 0 Å². The van der Waals surface area contributed by atoms with E-state index in [1.807, 2.05) is 25.1 Å². The predicted molar refractivity (Wildman–Crippen MR) is 103 cm³/mol. The maximum atomic E-state index is 9.94. The van der Waals surface area contributed by atoms with E-state index < -0.39 is 0 Å². The van der Waals surface area contributed by atoms with Crippen molar-refractivity contribution in [2.45, 2.75) is 17.8 Å². The van der Waals surface area contributed by atoms with E-state index in [0.717, 1.165) is 0 Å². The lowest BCUT2D eigenvalue weighted by molar-refractivity contribution is 0.220. The summed E-state index contributed by atoms with van der Waals surface area (Å²) in [6, 6.07) is 31.7. The first kappa shape index (κ1) is 16.8. The third kappa shape index (κ3) is 3.40. The van der Waals surface area contributed by atoms with Crippen LogP contribution < -0.4 is 0 Å². The lowest BCUT2D eigenvalue weighted by Crippen LogP contribution is -2.27. The van der Waals surface area contributed by atoms with E-state index in [4.69, 9.17) is 0 Å². The number of thioether (sulfide) groups is 1. The Morgan fingerprint density at radius 3 is 1.33 bits per heavy atom. The lowest BCUT2D eigenvalue weighted by Gasteiger charge is -2.36. The molecule has 0 bridgehead atoms. The van der Waals surface area contributed by atoms with E-state index >= 15 is 0 Å². The van der Waals surface area contributed by atoms with E-state index in [1.165, 1.54) is 16.7 Å². The van der Waals surface area contributed by atoms with Crippen LogP contribution >= 0.6 is 11.8 Å². The van der Waals surface area contributed by atoms with Crippen LogP contribution in [0.2, 0.25) is 0 Å². The molecule has 2 heteroatoms. The van der Waals surface area contributed by atoms with Crippen molar-refractivity contribution in [3.05, 3.63) is 108 Å². The Morgan fingerprint density at radius 2 is 1.04 bits per heavy atom. The molecule has 0 amide bonds. The molecule has 0 fully saturated rings. The molecule has 0 spiro atoms. The first-order chi connectivity index (χ1) is 11.7. The van der Waals surface area contributed by atoms with Crippen LogP contribution in [0.25, 0.3) is 0 Å². The number of hydrogen-bond acceptors (Lipinski definition) is 2. The molecule has 0 heterocycles. The molecule has 0 aliphatic heterocycles. The highest BCUT2D eigenvalue weighted by atomic mass is 32.2. The standard InChI is InChI=1S/C22H22OS/c1-18(23)17-24-22(19-11-5-2-6-12-19,20-13-7-3-8-14-20)21-15-9-4-10-16-21/h2-16,18,23H,17H2,1H3/t18-/m0/s1. The van der Waals surface area contributed by atoms with Gasteiger partial charge in [-0.2, -0.15) is 0 Å². The Hall–Kier alpha value is -2.03. The number of rotatable bonds is 6. The van der Waals surface area contributed by atoms with E-state index in [9.17, 15) is 5.11 Å². The molecule has 0 aliphatic rings. The van der Waals surface area contributed by atoms with Gasteiger partial charge in [0.05, 0.1) is 10.9 Å². The molecule has 24 heavy (non-hydrogen) atoms. The normalized spacial score (nSPS) is 12.8. The minimum absolute atomic E-state index is 0.333. The lowest BCUT2D eigenvalue weighted by atomic mass is 9.84. The van der Waals surface area contributed by atoms with Crippen LogP contribution in [0.15, 0.2) is 91.0 Å². The zero-order chi connectivity index (χ0) is 16.8. The maximum Gasteiger partial charge on any atom is 0.0907 e. The van der Waals surface area contributed by atoms with Crippen LogP contribution in [0, 0.1) is 0 Å². The second-order valence-electron chi connectivity index (χ2n) is 5.94. The molecule has 122 valence electrons. The van der Waals surface area contributed by atoms with Crippen molar-refractivity contribution in [3.63, 3.8) is 0 Å². The molecule has 0 saturated carbocycles. The van der Waals surface area contributed by atoms with Crippen molar-refractivity contribution in [1.82, 2.24) is 0 Å². The molecule has 3 rings (SSSR count). The molecule has 0 saturated heterocycles. The van der Waals surface area contributed by atoms with Crippen LogP contribution in [0.5, 0.6) is 0 Å². The van der Waals surface area contributed by atoms with Crippen molar-refractivity contribution in [3.8, 4) is 0 Å². The van der Waals surface area contributed by atoms with Gasteiger partial charge in [-0.25, -0.2) is 0 Å². The van der Waals surface area contributed by atoms with Gasteiger partial charge < -0.3 is 5.11 Å². The molecule has 3 aromatic rings. The molecule has 1 atom stereocenters. The van der Waals surface area contributed by atoms with E-state index in [1.54, 1.807) is 11.8 Å². The SMILES string of the molecule is C[C@H](O)CSC(c1ccccc1)(c1ccccc1)c1ccccc1. The van der Waals surface area contributed by atoms with Gasteiger partial charge in [-0.3, -0.25) is 0 Å². The summed E-state index contributed by atoms with van der Waals surface area (Å²) in [4.78, 5) is 0. The highest BCUT2D eigenvalue weighted by Crippen LogP contribution is 2.48. The van der Waals surface area contributed by atoms with Crippen LogP contribution in [-0.2, 0) is 4.75 Å². The largest absolute Gasteiger partial charge is 0.393 e. The van der Waals surface area contributed by atoms with E-state index in [0.29, 0.717) is 5.75 Å². The fourth-order valence-corrected chi connectivity index (χ4v) is 4.41. The number of hydrogen-bond donors (Lipinski definition) is 1. The van der Waals surface area contributed by atoms with Crippen molar-refractivity contribution in [2.75, 3.05) is 5.75 Å². The number of aliphatic hydroxyl groups excluding tert-OH is 1. The van der Waals surface area contributed by atoms with Crippen LogP contribution in [-0.4, -0.2) is 17.0 Å². The Labute approximate surface area is 148 Å². The maximum absolute atomic E-state index is 9.94. The summed E-state index contributed by atoms with van der Waals surface area (Å²) in [5.41, 5.74) is 3.69. The smallest absolute Gasteiger partial charge is 0.0907 e. The quantitative estimate of drug-likeness (QED) is 0.633. The first-order valence-corrected chi connectivity index (χ1v) is 9.20. The summed E-state index contributed by atoms with van der Waals surface area (Å²) >= 11 is 1.79. The molecule has 3 aromatic carbocycles. The molecule has 0 aliphatic carbocycles. The van der Waals surface area contributed by atoms with Crippen molar-refractivity contribution >= 4 is 11.8 Å². The second kappa shape index (κ2) is 7.69.